The highest BCUT2D eigenvalue weighted by atomic mass is 16.5. The summed E-state index contributed by atoms with van der Waals surface area (Å²) in [5.41, 5.74) is 8.83. The molecule has 1 fully saturated rings. The molecule has 0 spiro atoms. The SMILES string of the molecule is CC(Oc1ccc(-c2ccc(N3CCOCC3)cc2)c2ccccc12)C(N)=O. The van der Waals surface area contributed by atoms with E-state index in [0.717, 1.165) is 48.2 Å². The molecule has 1 saturated heterocycles. The monoisotopic (exact) mass is 376 g/mol. The summed E-state index contributed by atoms with van der Waals surface area (Å²) in [6.07, 6.45) is -0.679. The fourth-order valence-corrected chi connectivity index (χ4v) is 3.55. The number of carbonyl (C=O) groups excluding carboxylic acids is 1. The third kappa shape index (κ3) is 3.66. The first-order chi connectivity index (χ1) is 13.6. The van der Waals surface area contributed by atoms with Crippen LogP contribution in [0.3, 0.4) is 0 Å². The maximum atomic E-state index is 11.4. The van der Waals surface area contributed by atoms with Gasteiger partial charge in [-0.15, -0.1) is 0 Å². The molecule has 0 saturated carbocycles. The number of hydrogen-bond donors (Lipinski definition) is 1. The Morgan fingerprint density at radius 1 is 1.00 bits per heavy atom. The van der Waals surface area contributed by atoms with Crippen LogP contribution in [0.15, 0.2) is 60.7 Å². The molecule has 3 aromatic carbocycles. The van der Waals surface area contributed by atoms with Crippen molar-refractivity contribution in [2.45, 2.75) is 13.0 Å². The minimum Gasteiger partial charge on any atom is -0.480 e. The molecule has 3 aromatic rings. The van der Waals surface area contributed by atoms with Crippen molar-refractivity contribution in [3.63, 3.8) is 0 Å². The van der Waals surface area contributed by atoms with Crippen LogP contribution in [0.2, 0.25) is 0 Å². The zero-order valence-corrected chi connectivity index (χ0v) is 15.9. The average Bonchev–Trinajstić information content (AvgIpc) is 2.74. The Kier molecular flexibility index (Phi) is 5.17. The van der Waals surface area contributed by atoms with Crippen molar-refractivity contribution in [3.05, 3.63) is 60.7 Å². The second-order valence-electron chi connectivity index (χ2n) is 6.97. The molecule has 4 rings (SSSR count). The lowest BCUT2D eigenvalue weighted by atomic mass is 9.97. The van der Waals surface area contributed by atoms with Gasteiger partial charge in [-0.1, -0.05) is 42.5 Å². The number of benzene rings is 3. The molecular formula is C23H24N2O3. The number of nitrogens with two attached hydrogens (primary N) is 1. The molecule has 144 valence electrons. The molecule has 5 heteroatoms. The van der Waals surface area contributed by atoms with Crippen LogP contribution in [-0.4, -0.2) is 38.3 Å². The van der Waals surface area contributed by atoms with Crippen molar-refractivity contribution < 1.29 is 14.3 Å². The molecule has 2 N–H and O–H groups in total. The van der Waals surface area contributed by atoms with E-state index in [1.807, 2.05) is 30.3 Å². The number of carbonyl (C=O) groups is 1. The number of nitrogens with zero attached hydrogens (tertiary/aromatic N) is 1. The van der Waals surface area contributed by atoms with Crippen LogP contribution in [0.1, 0.15) is 6.92 Å². The van der Waals surface area contributed by atoms with Crippen molar-refractivity contribution >= 4 is 22.4 Å². The Balaban J connectivity index is 1.68. The predicted molar refractivity (Wildman–Crippen MR) is 112 cm³/mol. The Labute approximate surface area is 164 Å². The number of ether oxygens (including phenoxy) is 2. The average molecular weight is 376 g/mol. The maximum Gasteiger partial charge on any atom is 0.258 e. The first-order valence-electron chi connectivity index (χ1n) is 9.54. The van der Waals surface area contributed by atoms with Gasteiger partial charge in [0.2, 0.25) is 0 Å². The standard InChI is InChI=1S/C23H24N2O3/c1-16(23(24)26)28-22-11-10-19(20-4-2-3-5-21(20)22)17-6-8-18(9-7-17)25-12-14-27-15-13-25/h2-11,16H,12-15H2,1H3,(H2,24,26). The van der Waals surface area contributed by atoms with Crippen molar-refractivity contribution in [3.8, 4) is 16.9 Å². The van der Waals surface area contributed by atoms with Crippen LogP contribution in [-0.2, 0) is 9.53 Å². The summed E-state index contributed by atoms with van der Waals surface area (Å²) in [5, 5.41) is 2.04. The minimum absolute atomic E-state index is 0.480. The molecule has 5 nitrogen and oxygen atoms in total. The van der Waals surface area contributed by atoms with Gasteiger partial charge in [-0.25, -0.2) is 0 Å². The van der Waals surface area contributed by atoms with Gasteiger partial charge in [0.1, 0.15) is 5.75 Å². The zero-order valence-electron chi connectivity index (χ0n) is 15.9. The van der Waals surface area contributed by atoms with Crippen LogP contribution in [0, 0.1) is 0 Å². The van der Waals surface area contributed by atoms with E-state index >= 15 is 0 Å². The van der Waals surface area contributed by atoms with Crippen molar-refractivity contribution in [1.29, 1.82) is 0 Å². The summed E-state index contributed by atoms with van der Waals surface area (Å²) in [6.45, 7) is 5.06. The molecule has 0 aromatic heterocycles. The maximum absolute atomic E-state index is 11.4. The van der Waals surface area contributed by atoms with Gasteiger partial charge in [0.25, 0.3) is 5.91 Å². The summed E-state index contributed by atoms with van der Waals surface area (Å²) >= 11 is 0. The molecule has 1 aliphatic heterocycles. The van der Waals surface area contributed by atoms with Gasteiger partial charge in [-0.3, -0.25) is 4.79 Å². The largest absolute Gasteiger partial charge is 0.480 e. The minimum atomic E-state index is -0.679. The highest BCUT2D eigenvalue weighted by Crippen LogP contribution is 2.35. The number of amides is 1. The smallest absolute Gasteiger partial charge is 0.258 e. The van der Waals surface area contributed by atoms with Gasteiger partial charge in [-0.2, -0.15) is 0 Å². The van der Waals surface area contributed by atoms with Crippen molar-refractivity contribution in [2.24, 2.45) is 5.73 Å². The molecule has 1 heterocycles. The Morgan fingerprint density at radius 2 is 1.68 bits per heavy atom. The highest BCUT2D eigenvalue weighted by Gasteiger charge is 2.15. The first kappa shape index (κ1) is 18.3. The molecule has 28 heavy (non-hydrogen) atoms. The number of fused-ring (bicyclic) bond motifs is 1. The van der Waals surface area contributed by atoms with Crippen LogP contribution < -0.4 is 15.4 Å². The molecule has 1 aliphatic rings. The van der Waals surface area contributed by atoms with Crippen LogP contribution in [0.4, 0.5) is 5.69 Å². The summed E-state index contributed by atoms with van der Waals surface area (Å²) < 4.78 is 11.2. The lowest BCUT2D eigenvalue weighted by Crippen LogP contribution is -2.36. The highest BCUT2D eigenvalue weighted by molar-refractivity contribution is 6.00. The summed E-state index contributed by atoms with van der Waals surface area (Å²) in [6, 6.07) is 20.6. The third-order valence-corrected chi connectivity index (χ3v) is 5.14. The molecule has 0 radical (unpaired) electrons. The van der Waals surface area contributed by atoms with E-state index in [0.29, 0.717) is 5.75 Å². The first-order valence-corrected chi connectivity index (χ1v) is 9.54. The van der Waals surface area contributed by atoms with Crippen LogP contribution >= 0.6 is 0 Å². The Hall–Kier alpha value is -3.05. The number of morpholine rings is 1. The third-order valence-electron chi connectivity index (χ3n) is 5.14. The van der Waals surface area contributed by atoms with E-state index in [1.165, 1.54) is 5.69 Å². The lowest BCUT2D eigenvalue weighted by molar-refractivity contribution is -0.123. The van der Waals surface area contributed by atoms with E-state index in [9.17, 15) is 4.79 Å². The van der Waals surface area contributed by atoms with E-state index in [1.54, 1.807) is 6.92 Å². The van der Waals surface area contributed by atoms with Crippen molar-refractivity contribution in [2.75, 3.05) is 31.2 Å². The van der Waals surface area contributed by atoms with Crippen molar-refractivity contribution in [1.82, 2.24) is 0 Å². The van der Waals surface area contributed by atoms with Gasteiger partial charge in [0.05, 0.1) is 13.2 Å². The number of hydrogen-bond acceptors (Lipinski definition) is 4. The summed E-state index contributed by atoms with van der Waals surface area (Å²) in [4.78, 5) is 13.7. The topological polar surface area (TPSA) is 64.8 Å². The predicted octanol–water partition coefficient (Wildman–Crippen LogP) is 3.60. The second kappa shape index (κ2) is 7.90. The van der Waals surface area contributed by atoms with E-state index < -0.39 is 12.0 Å². The van der Waals surface area contributed by atoms with Gasteiger partial charge >= 0.3 is 0 Å². The summed E-state index contributed by atoms with van der Waals surface area (Å²) in [7, 11) is 0. The molecule has 1 unspecified atom stereocenters. The molecule has 0 aliphatic carbocycles. The van der Waals surface area contributed by atoms with Crippen LogP contribution in [0.25, 0.3) is 21.9 Å². The van der Waals surface area contributed by atoms with Gasteiger partial charge in [-0.05, 0) is 41.6 Å². The fourth-order valence-electron chi connectivity index (χ4n) is 3.55. The van der Waals surface area contributed by atoms with Crippen LogP contribution in [0.5, 0.6) is 5.75 Å². The van der Waals surface area contributed by atoms with E-state index in [4.69, 9.17) is 15.2 Å². The summed E-state index contributed by atoms with van der Waals surface area (Å²) in [5.74, 6) is 0.183. The molecule has 0 bridgehead atoms. The zero-order chi connectivity index (χ0) is 19.5. The fraction of sp³-hybridized carbons (Fsp3) is 0.261. The van der Waals surface area contributed by atoms with Gasteiger partial charge in [0, 0.05) is 24.2 Å². The quantitative estimate of drug-likeness (QED) is 0.739. The Morgan fingerprint density at radius 3 is 2.36 bits per heavy atom. The van der Waals surface area contributed by atoms with Gasteiger partial charge in [0.15, 0.2) is 6.10 Å². The molecule has 1 amide bonds. The molecular weight excluding hydrogens is 352 g/mol. The normalized spacial score (nSPS) is 15.4. The Bertz CT molecular complexity index is 979. The number of anilines is 1. The van der Waals surface area contributed by atoms with E-state index in [2.05, 4.69) is 35.2 Å². The number of primary amides is 1. The second-order valence-corrected chi connectivity index (χ2v) is 6.97. The molecule has 1 atom stereocenters. The number of rotatable bonds is 5. The lowest BCUT2D eigenvalue weighted by Gasteiger charge is -2.29. The van der Waals surface area contributed by atoms with E-state index in [-0.39, 0.29) is 0 Å². The van der Waals surface area contributed by atoms with Gasteiger partial charge < -0.3 is 20.1 Å².